The van der Waals surface area contributed by atoms with Gasteiger partial charge in [-0.25, -0.2) is 13.8 Å². The predicted octanol–water partition coefficient (Wildman–Crippen LogP) is 7.57. The summed E-state index contributed by atoms with van der Waals surface area (Å²) in [5.74, 6) is -0.562. The van der Waals surface area contributed by atoms with E-state index in [1.807, 2.05) is 30.3 Å². The first-order valence-electron chi connectivity index (χ1n) is 11.0. The molecular formula is C26H25ClF2N2O. The summed E-state index contributed by atoms with van der Waals surface area (Å²) in [6.45, 7) is 2.83. The van der Waals surface area contributed by atoms with E-state index in [0.29, 0.717) is 36.1 Å². The molecule has 4 rings (SSSR count). The van der Waals surface area contributed by atoms with Crippen molar-refractivity contribution in [2.75, 3.05) is 6.61 Å². The molecule has 2 aromatic carbocycles. The fourth-order valence-electron chi connectivity index (χ4n) is 3.92. The molecular weight excluding hydrogens is 430 g/mol. The lowest BCUT2D eigenvalue weighted by Crippen LogP contribution is -2.03. The van der Waals surface area contributed by atoms with Crippen molar-refractivity contribution in [1.82, 2.24) is 4.98 Å². The van der Waals surface area contributed by atoms with Crippen LogP contribution in [0.2, 0.25) is 5.02 Å². The third kappa shape index (κ3) is 4.99. The Morgan fingerprint density at radius 3 is 2.50 bits per heavy atom. The van der Waals surface area contributed by atoms with Crippen LogP contribution in [0, 0.1) is 11.6 Å². The molecule has 0 aliphatic carbocycles. The summed E-state index contributed by atoms with van der Waals surface area (Å²) in [6.07, 6.45) is 6.25. The van der Waals surface area contributed by atoms with Crippen LogP contribution < -0.4 is 4.74 Å². The number of ether oxygens (including phenoxy) is 1. The van der Waals surface area contributed by atoms with E-state index in [1.165, 1.54) is 18.2 Å². The third-order valence-electron chi connectivity index (χ3n) is 5.64. The van der Waals surface area contributed by atoms with Crippen molar-refractivity contribution in [3.8, 4) is 17.0 Å². The molecule has 1 aliphatic heterocycles. The Balaban J connectivity index is 1.49. The predicted molar refractivity (Wildman–Crippen MR) is 125 cm³/mol. The zero-order valence-corrected chi connectivity index (χ0v) is 18.7. The van der Waals surface area contributed by atoms with Gasteiger partial charge in [0.25, 0.3) is 0 Å². The minimum absolute atomic E-state index is 0.0363. The Hall–Kier alpha value is -2.79. The highest BCUT2D eigenvalue weighted by molar-refractivity contribution is 6.31. The number of aromatic nitrogens is 1. The number of hydrogen-bond donors (Lipinski definition) is 0. The maximum atomic E-state index is 14.1. The molecule has 166 valence electrons. The normalized spacial score (nSPS) is 15.6. The van der Waals surface area contributed by atoms with Gasteiger partial charge in [0.15, 0.2) is 0 Å². The Morgan fingerprint density at radius 1 is 1.03 bits per heavy atom. The minimum atomic E-state index is -0.587. The molecule has 1 aromatic heterocycles. The Labute approximate surface area is 192 Å². The molecule has 0 spiro atoms. The Bertz CT molecular complexity index is 1100. The second-order valence-corrected chi connectivity index (χ2v) is 8.31. The van der Waals surface area contributed by atoms with Gasteiger partial charge in [-0.3, -0.25) is 4.99 Å². The number of pyridine rings is 1. The van der Waals surface area contributed by atoms with Crippen LogP contribution >= 0.6 is 11.6 Å². The summed E-state index contributed by atoms with van der Waals surface area (Å²) >= 11 is 6.58. The van der Waals surface area contributed by atoms with E-state index in [-0.39, 0.29) is 11.6 Å². The molecule has 6 heteroatoms. The van der Waals surface area contributed by atoms with Crippen LogP contribution in [-0.2, 0) is 0 Å². The van der Waals surface area contributed by atoms with Gasteiger partial charge in [0.1, 0.15) is 11.6 Å². The van der Waals surface area contributed by atoms with E-state index < -0.39 is 11.6 Å². The fraction of sp³-hybridized carbons (Fsp3) is 0.308. The van der Waals surface area contributed by atoms with E-state index in [1.54, 1.807) is 6.20 Å². The van der Waals surface area contributed by atoms with Crippen LogP contribution in [0.15, 0.2) is 59.7 Å². The minimum Gasteiger partial charge on any atom is -0.478 e. The van der Waals surface area contributed by atoms with Crippen LogP contribution in [0.25, 0.3) is 11.1 Å². The lowest BCUT2D eigenvalue weighted by atomic mass is 9.99. The summed E-state index contributed by atoms with van der Waals surface area (Å²) in [7, 11) is 0. The van der Waals surface area contributed by atoms with Gasteiger partial charge in [0.2, 0.25) is 5.88 Å². The van der Waals surface area contributed by atoms with Gasteiger partial charge in [-0.15, -0.1) is 0 Å². The number of nitrogens with zero attached hydrogens (tertiary/aromatic N) is 2. The highest BCUT2D eigenvalue weighted by Crippen LogP contribution is 2.37. The fourth-order valence-corrected chi connectivity index (χ4v) is 4.23. The Kier molecular flexibility index (Phi) is 7.15. The molecule has 1 atom stereocenters. The molecule has 0 unspecified atom stereocenters. The molecule has 32 heavy (non-hydrogen) atoms. The van der Waals surface area contributed by atoms with Gasteiger partial charge >= 0.3 is 0 Å². The van der Waals surface area contributed by atoms with E-state index in [2.05, 4.69) is 16.9 Å². The van der Waals surface area contributed by atoms with Crippen molar-refractivity contribution in [3.05, 3.63) is 82.5 Å². The van der Waals surface area contributed by atoms with Crippen molar-refractivity contribution in [2.24, 2.45) is 4.99 Å². The zero-order valence-electron chi connectivity index (χ0n) is 18.0. The van der Waals surface area contributed by atoms with E-state index in [4.69, 9.17) is 16.3 Å². The summed E-state index contributed by atoms with van der Waals surface area (Å²) in [5, 5.41) is 0.575. The molecule has 0 saturated heterocycles. The van der Waals surface area contributed by atoms with Gasteiger partial charge in [-0.2, -0.15) is 0 Å². The summed E-state index contributed by atoms with van der Waals surface area (Å²) in [6, 6.07) is 13.3. The highest BCUT2D eigenvalue weighted by Gasteiger charge is 2.25. The van der Waals surface area contributed by atoms with Crippen molar-refractivity contribution in [2.45, 2.75) is 45.1 Å². The average Bonchev–Trinajstić information content (AvgIpc) is 3.26. The maximum absolute atomic E-state index is 14.1. The lowest BCUT2D eigenvalue weighted by Gasteiger charge is -2.12. The maximum Gasteiger partial charge on any atom is 0.213 e. The zero-order chi connectivity index (χ0) is 22.5. The van der Waals surface area contributed by atoms with Gasteiger partial charge < -0.3 is 4.74 Å². The van der Waals surface area contributed by atoms with Gasteiger partial charge in [0, 0.05) is 28.6 Å². The molecule has 0 bridgehead atoms. The summed E-state index contributed by atoms with van der Waals surface area (Å²) in [4.78, 5) is 8.97. The molecule has 1 aliphatic rings. The van der Waals surface area contributed by atoms with E-state index >= 15 is 0 Å². The van der Waals surface area contributed by atoms with Gasteiger partial charge in [-0.1, -0.05) is 49.6 Å². The third-order valence-corrected chi connectivity index (χ3v) is 5.97. The molecule has 0 radical (unpaired) electrons. The standard InChI is InChI=1S/C26H25ClF2N2O/c1-2-3-4-14-32-25-13-9-18(16-30-25)17-8-10-19(20(27)15-17)23-11-12-24(31-23)26-21(28)6-5-7-22(26)29/h5-10,13,15-16,23H,2-4,11-12,14H2,1H3/t23-/m1/s1. The number of aliphatic imine (C=N–C) groups is 1. The number of unbranched alkanes of at least 4 members (excludes halogenated alkanes) is 2. The number of halogens is 3. The van der Waals surface area contributed by atoms with Crippen molar-refractivity contribution in [3.63, 3.8) is 0 Å². The smallest absolute Gasteiger partial charge is 0.213 e. The van der Waals surface area contributed by atoms with Crippen molar-refractivity contribution in [1.29, 1.82) is 0 Å². The number of benzene rings is 2. The van der Waals surface area contributed by atoms with E-state index in [0.717, 1.165) is 36.0 Å². The highest BCUT2D eigenvalue weighted by atomic mass is 35.5. The molecule has 2 heterocycles. The molecule has 0 N–H and O–H groups in total. The summed E-state index contributed by atoms with van der Waals surface area (Å²) in [5.41, 5.74) is 3.14. The second-order valence-electron chi connectivity index (χ2n) is 7.90. The second kappa shape index (κ2) is 10.2. The van der Waals surface area contributed by atoms with Crippen molar-refractivity contribution >= 4 is 17.3 Å². The summed E-state index contributed by atoms with van der Waals surface area (Å²) < 4.78 is 33.9. The van der Waals surface area contributed by atoms with Gasteiger partial charge in [-0.05, 0) is 54.7 Å². The van der Waals surface area contributed by atoms with Crippen LogP contribution in [0.4, 0.5) is 8.78 Å². The van der Waals surface area contributed by atoms with Crippen LogP contribution in [0.5, 0.6) is 5.88 Å². The van der Waals surface area contributed by atoms with Gasteiger partial charge in [0.05, 0.1) is 18.2 Å². The van der Waals surface area contributed by atoms with E-state index in [9.17, 15) is 8.78 Å². The molecule has 0 amide bonds. The quantitative estimate of drug-likeness (QED) is 0.329. The van der Waals surface area contributed by atoms with Crippen LogP contribution in [0.1, 0.15) is 56.2 Å². The molecule has 3 nitrogen and oxygen atoms in total. The first-order chi connectivity index (χ1) is 15.6. The number of rotatable bonds is 8. The Morgan fingerprint density at radius 2 is 1.81 bits per heavy atom. The van der Waals surface area contributed by atoms with Crippen molar-refractivity contribution < 1.29 is 13.5 Å². The first kappa shape index (κ1) is 22.4. The SMILES string of the molecule is CCCCCOc1ccc(-c2ccc([C@H]3CCC(c4c(F)cccc4F)=N3)c(Cl)c2)cn1. The molecule has 0 fully saturated rings. The molecule has 3 aromatic rings. The largest absolute Gasteiger partial charge is 0.478 e. The molecule has 0 saturated carbocycles. The monoisotopic (exact) mass is 454 g/mol. The first-order valence-corrected chi connectivity index (χ1v) is 11.3. The number of hydrogen-bond acceptors (Lipinski definition) is 3. The van der Waals surface area contributed by atoms with Crippen LogP contribution in [0.3, 0.4) is 0 Å². The average molecular weight is 455 g/mol. The van der Waals surface area contributed by atoms with Crippen LogP contribution in [-0.4, -0.2) is 17.3 Å². The lowest BCUT2D eigenvalue weighted by molar-refractivity contribution is 0.295. The topological polar surface area (TPSA) is 34.5 Å².